The fourth-order valence-electron chi connectivity index (χ4n) is 4.77. The molecule has 5 heterocycles. The summed E-state index contributed by atoms with van der Waals surface area (Å²) < 4.78 is 80.1. The first-order valence-corrected chi connectivity index (χ1v) is 14.9. The molecule has 6 rings (SSSR count). The van der Waals surface area contributed by atoms with Crippen LogP contribution in [0.25, 0.3) is 22.4 Å². The number of hydrogen-bond acceptors (Lipinski definition) is 9. The maximum atomic E-state index is 13.9. The largest absolute Gasteiger partial charge is 0.408 e. The minimum absolute atomic E-state index is 0.130. The SMILES string of the molecule is C[C@@H](n1c(COC2CCCCO2)nc2cnc(Cc3ccnc(-c4cnn(S(=O)(=O)C5CC5)c4)n3)cc21)C(F)(F)F. The Morgan fingerprint density at radius 2 is 1.95 bits per heavy atom. The summed E-state index contributed by atoms with van der Waals surface area (Å²) in [6.07, 6.45) is 4.74. The molecule has 0 bridgehead atoms. The first-order valence-electron chi connectivity index (χ1n) is 13.4. The molecular weight excluding hydrogens is 563 g/mol. The molecule has 1 saturated carbocycles. The fraction of sp³-hybridized carbons (Fsp3) is 0.500. The highest BCUT2D eigenvalue weighted by Crippen LogP contribution is 2.35. The molecule has 1 saturated heterocycles. The highest BCUT2D eigenvalue weighted by molar-refractivity contribution is 7.90. The third-order valence-electron chi connectivity index (χ3n) is 7.20. The van der Waals surface area contributed by atoms with Crippen LogP contribution in [0, 0.1) is 0 Å². The maximum Gasteiger partial charge on any atom is 0.408 e. The van der Waals surface area contributed by atoms with Crippen LogP contribution in [-0.4, -0.2) is 66.4 Å². The van der Waals surface area contributed by atoms with Crippen LogP contribution >= 0.6 is 0 Å². The number of rotatable bonds is 9. The van der Waals surface area contributed by atoms with E-state index < -0.39 is 33.8 Å². The van der Waals surface area contributed by atoms with Crippen molar-refractivity contribution in [1.82, 2.24) is 33.7 Å². The van der Waals surface area contributed by atoms with Gasteiger partial charge in [-0.3, -0.25) is 4.98 Å². The minimum atomic E-state index is -4.51. The zero-order valence-electron chi connectivity index (χ0n) is 22.2. The number of nitrogens with zero attached hydrogens (tertiary/aromatic N) is 7. The average Bonchev–Trinajstić information content (AvgIpc) is 3.59. The zero-order valence-corrected chi connectivity index (χ0v) is 23.0. The molecule has 2 atom stereocenters. The van der Waals surface area contributed by atoms with Crippen molar-refractivity contribution in [3.05, 3.63) is 54.1 Å². The van der Waals surface area contributed by atoms with E-state index in [4.69, 9.17) is 9.47 Å². The van der Waals surface area contributed by atoms with Gasteiger partial charge >= 0.3 is 6.18 Å². The molecule has 0 radical (unpaired) electrons. The van der Waals surface area contributed by atoms with E-state index in [0.717, 1.165) is 28.4 Å². The number of aromatic nitrogens is 7. The van der Waals surface area contributed by atoms with Crippen molar-refractivity contribution in [2.45, 2.75) is 75.8 Å². The Labute approximate surface area is 233 Å². The van der Waals surface area contributed by atoms with Gasteiger partial charge < -0.3 is 14.0 Å². The quantitative estimate of drug-likeness (QED) is 0.282. The number of alkyl halides is 3. The normalized spacial score (nSPS) is 19.1. The molecule has 4 aromatic rings. The van der Waals surface area contributed by atoms with Gasteiger partial charge in [-0.1, -0.05) is 0 Å². The molecule has 4 aromatic heterocycles. The average molecular weight is 592 g/mol. The first kappa shape index (κ1) is 27.7. The van der Waals surface area contributed by atoms with Crippen LogP contribution in [0.2, 0.25) is 0 Å². The first-order chi connectivity index (χ1) is 19.6. The maximum absolute atomic E-state index is 13.9. The van der Waals surface area contributed by atoms with Crippen molar-refractivity contribution in [3.8, 4) is 11.4 Å². The Morgan fingerprint density at radius 1 is 1.12 bits per heavy atom. The van der Waals surface area contributed by atoms with E-state index >= 15 is 0 Å². The lowest BCUT2D eigenvalue weighted by molar-refractivity contribution is -0.175. The summed E-state index contributed by atoms with van der Waals surface area (Å²) in [4.78, 5) is 17.6. The van der Waals surface area contributed by atoms with E-state index in [1.807, 2.05) is 0 Å². The van der Waals surface area contributed by atoms with Crippen molar-refractivity contribution >= 4 is 21.1 Å². The zero-order chi connectivity index (χ0) is 28.8. The van der Waals surface area contributed by atoms with Crippen LogP contribution in [0.4, 0.5) is 13.2 Å². The number of hydrogen-bond donors (Lipinski definition) is 0. The molecule has 41 heavy (non-hydrogen) atoms. The lowest BCUT2D eigenvalue weighted by Crippen LogP contribution is -2.27. The molecule has 2 aliphatic rings. The predicted octanol–water partition coefficient (Wildman–Crippen LogP) is 4.18. The van der Waals surface area contributed by atoms with Gasteiger partial charge in [0.25, 0.3) is 10.0 Å². The van der Waals surface area contributed by atoms with Crippen molar-refractivity contribution in [2.75, 3.05) is 6.61 Å². The van der Waals surface area contributed by atoms with Gasteiger partial charge in [-0.2, -0.15) is 22.4 Å². The summed E-state index contributed by atoms with van der Waals surface area (Å²) in [5, 5.41) is 3.57. The standard InChI is InChI=1S/C26H28F3N7O4S/c1-16(26(27,28)29)36-22-11-19(31-13-21(22)34-23(36)15-40-24-4-2-3-9-39-24)10-18-7-8-30-25(33-18)17-12-32-35(14-17)41(37,38)20-5-6-20/h7-8,11-14,16,20,24H,2-6,9-10,15H2,1H3/t16-,24?/m1/s1. The Balaban J connectivity index is 1.27. The molecule has 15 heteroatoms. The molecule has 1 aliphatic carbocycles. The van der Waals surface area contributed by atoms with E-state index in [-0.39, 0.29) is 30.2 Å². The summed E-state index contributed by atoms with van der Waals surface area (Å²) in [7, 11) is -3.53. The number of imidazole rings is 1. The monoisotopic (exact) mass is 591 g/mol. The highest BCUT2D eigenvalue weighted by atomic mass is 32.2. The predicted molar refractivity (Wildman–Crippen MR) is 140 cm³/mol. The van der Waals surface area contributed by atoms with Crippen LogP contribution in [0.1, 0.15) is 62.3 Å². The second kappa shape index (κ2) is 10.8. The van der Waals surface area contributed by atoms with Gasteiger partial charge in [-0.05, 0) is 51.2 Å². The van der Waals surface area contributed by atoms with E-state index in [2.05, 4.69) is 25.0 Å². The summed E-state index contributed by atoms with van der Waals surface area (Å²) >= 11 is 0. The van der Waals surface area contributed by atoms with E-state index in [1.54, 1.807) is 12.1 Å². The van der Waals surface area contributed by atoms with Crippen molar-refractivity contribution in [1.29, 1.82) is 0 Å². The Kier molecular flexibility index (Phi) is 7.28. The summed E-state index contributed by atoms with van der Waals surface area (Å²) in [6, 6.07) is 1.40. The van der Waals surface area contributed by atoms with E-state index in [9.17, 15) is 21.6 Å². The molecule has 2 fully saturated rings. The number of ether oxygens (including phenoxy) is 2. The van der Waals surface area contributed by atoms with E-state index in [1.165, 1.54) is 24.8 Å². The second-order valence-electron chi connectivity index (χ2n) is 10.3. The Morgan fingerprint density at radius 3 is 2.68 bits per heavy atom. The Hall–Kier alpha value is -3.43. The van der Waals surface area contributed by atoms with Gasteiger partial charge in [0.2, 0.25) is 0 Å². The van der Waals surface area contributed by atoms with Gasteiger partial charge in [0.1, 0.15) is 24.0 Å². The summed E-state index contributed by atoms with van der Waals surface area (Å²) in [5.74, 6) is 0.418. The lowest BCUT2D eigenvalue weighted by Gasteiger charge is -2.24. The lowest BCUT2D eigenvalue weighted by atomic mass is 10.2. The third-order valence-corrected chi connectivity index (χ3v) is 9.24. The number of fused-ring (bicyclic) bond motifs is 1. The third kappa shape index (κ3) is 5.83. The smallest absolute Gasteiger partial charge is 0.353 e. The molecule has 11 nitrogen and oxygen atoms in total. The van der Waals surface area contributed by atoms with Gasteiger partial charge in [0.15, 0.2) is 12.1 Å². The molecule has 1 unspecified atom stereocenters. The molecule has 0 amide bonds. The highest BCUT2D eigenvalue weighted by Gasteiger charge is 2.40. The molecule has 0 N–H and O–H groups in total. The van der Waals surface area contributed by atoms with Crippen LogP contribution in [0.5, 0.6) is 0 Å². The van der Waals surface area contributed by atoms with Crippen LogP contribution < -0.4 is 0 Å². The van der Waals surface area contributed by atoms with Crippen molar-refractivity contribution < 1.29 is 31.1 Å². The van der Waals surface area contributed by atoms with E-state index in [0.29, 0.717) is 48.3 Å². The minimum Gasteiger partial charge on any atom is -0.353 e. The number of pyridine rings is 1. The topological polar surface area (TPSA) is 127 Å². The second-order valence-corrected chi connectivity index (χ2v) is 12.4. The molecule has 0 spiro atoms. The van der Waals surface area contributed by atoms with Crippen LogP contribution in [0.15, 0.2) is 36.9 Å². The molecule has 218 valence electrons. The molecular formula is C26H28F3N7O4S. The Bertz CT molecular complexity index is 1660. The molecule has 0 aromatic carbocycles. The van der Waals surface area contributed by atoms with Crippen molar-refractivity contribution in [2.24, 2.45) is 0 Å². The van der Waals surface area contributed by atoms with Gasteiger partial charge in [-0.25, -0.2) is 23.4 Å². The van der Waals surface area contributed by atoms with Gasteiger partial charge in [-0.15, -0.1) is 0 Å². The van der Waals surface area contributed by atoms with Crippen LogP contribution in [0.3, 0.4) is 0 Å². The number of halogens is 3. The fourth-order valence-corrected chi connectivity index (χ4v) is 6.25. The van der Waals surface area contributed by atoms with Crippen LogP contribution in [-0.2, 0) is 32.5 Å². The van der Waals surface area contributed by atoms with Gasteiger partial charge in [0, 0.05) is 24.9 Å². The van der Waals surface area contributed by atoms with Gasteiger partial charge in [0.05, 0.1) is 40.6 Å². The summed E-state index contributed by atoms with van der Waals surface area (Å²) in [5.41, 5.74) is 2.06. The van der Waals surface area contributed by atoms with Crippen molar-refractivity contribution in [3.63, 3.8) is 0 Å². The molecule has 1 aliphatic heterocycles. The summed E-state index contributed by atoms with van der Waals surface area (Å²) in [6.45, 7) is 1.51.